The Morgan fingerprint density at radius 1 is 1.47 bits per heavy atom. The van der Waals surface area contributed by atoms with Crippen LogP contribution in [0, 0.1) is 0 Å². The molecule has 1 saturated carbocycles. The van der Waals surface area contributed by atoms with E-state index in [2.05, 4.69) is 0 Å². The zero-order chi connectivity index (χ0) is 13.2. The Kier molecular flexibility index (Phi) is 3.86. The van der Waals surface area contributed by atoms with Crippen molar-refractivity contribution in [1.82, 2.24) is 4.90 Å². The summed E-state index contributed by atoms with van der Waals surface area (Å²) in [5.74, 6) is 0.0580. The molecule has 1 aromatic heterocycles. The normalized spacial score (nSPS) is 28.8. The highest BCUT2D eigenvalue weighted by molar-refractivity contribution is 7.10. The number of fused-ring (bicyclic) bond motifs is 1. The largest absolute Gasteiger partial charge is 0.374 e. The molecule has 2 heterocycles. The summed E-state index contributed by atoms with van der Waals surface area (Å²) in [6.07, 6.45) is 4.74. The van der Waals surface area contributed by atoms with Crippen molar-refractivity contribution in [1.29, 1.82) is 0 Å². The smallest absolute Gasteiger partial charge is 0.245 e. The number of hydrogen-bond donors (Lipinski definition) is 1. The van der Waals surface area contributed by atoms with Crippen LogP contribution in [0.15, 0.2) is 17.5 Å². The summed E-state index contributed by atoms with van der Waals surface area (Å²) < 4.78 is 5.80. The SMILES string of the molecule is NC(C(=O)N1CCOC2CCCCC21)c1cccs1. The second-order valence-corrected chi connectivity index (χ2v) is 6.27. The molecule has 2 fully saturated rings. The standard InChI is InChI=1S/C14H20N2O2S/c15-13(12-6-3-9-19-12)14(17)16-7-8-18-11-5-2-1-4-10(11)16/h3,6,9-11,13H,1-2,4-5,7-8,15H2. The second kappa shape index (κ2) is 5.61. The lowest BCUT2D eigenvalue weighted by Crippen LogP contribution is -2.56. The maximum atomic E-state index is 12.6. The van der Waals surface area contributed by atoms with E-state index < -0.39 is 6.04 Å². The molecular weight excluding hydrogens is 260 g/mol. The molecule has 0 aromatic carbocycles. The van der Waals surface area contributed by atoms with Crippen LogP contribution < -0.4 is 5.73 Å². The van der Waals surface area contributed by atoms with Crippen LogP contribution in [0.4, 0.5) is 0 Å². The molecule has 0 bridgehead atoms. The minimum atomic E-state index is -0.513. The molecule has 1 saturated heterocycles. The fourth-order valence-corrected chi connectivity index (χ4v) is 3.86. The molecule has 1 amide bonds. The minimum absolute atomic E-state index is 0.0580. The second-order valence-electron chi connectivity index (χ2n) is 5.29. The van der Waals surface area contributed by atoms with E-state index in [0.717, 1.165) is 17.7 Å². The Labute approximate surface area is 117 Å². The van der Waals surface area contributed by atoms with Crippen molar-refractivity contribution >= 4 is 17.2 Å². The molecule has 5 heteroatoms. The van der Waals surface area contributed by atoms with Gasteiger partial charge in [0.1, 0.15) is 6.04 Å². The van der Waals surface area contributed by atoms with Gasteiger partial charge in [0.25, 0.3) is 0 Å². The van der Waals surface area contributed by atoms with Gasteiger partial charge >= 0.3 is 0 Å². The monoisotopic (exact) mass is 280 g/mol. The van der Waals surface area contributed by atoms with Crippen molar-refractivity contribution in [3.8, 4) is 0 Å². The molecule has 1 aliphatic carbocycles. The van der Waals surface area contributed by atoms with Gasteiger partial charge in [0.2, 0.25) is 5.91 Å². The van der Waals surface area contributed by atoms with Gasteiger partial charge in [-0.05, 0) is 24.3 Å². The van der Waals surface area contributed by atoms with Gasteiger partial charge in [-0.3, -0.25) is 4.79 Å². The van der Waals surface area contributed by atoms with Crippen molar-refractivity contribution in [3.05, 3.63) is 22.4 Å². The number of morpholine rings is 1. The molecule has 1 aromatic rings. The lowest BCUT2D eigenvalue weighted by Gasteiger charge is -2.44. The van der Waals surface area contributed by atoms with Gasteiger partial charge in [-0.2, -0.15) is 0 Å². The van der Waals surface area contributed by atoms with Gasteiger partial charge in [-0.15, -0.1) is 11.3 Å². The third-order valence-electron chi connectivity index (χ3n) is 4.13. The number of nitrogens with zero attached hydrogens (tertiary/aromatic N) is 1. The first kappa shape index (κ1) is 13.1. The van der Waals surface area contributed by atoms with Crippen LogP contribution in [0.5, 0.6) is 0 Å². The van der Waals surface area contributed by atoms with Crippen LogP contribution >= 0.6 is 11.3 Å². The number of nitrogens with two attached hydrogens (primary N) is 1. The molecule has 3 unspecified atom stereocenters. The summed E-state index contributed by atoms with van der Waals surface area (Å²) in [7, 11) is 0. The quantitative estimate of drug-likeness (QED) is 0.900. The first-order valence-electron chi connectivity index (χ1n) is 6.98. The van der Waals surface area contributed by atoms with E-state index >= 15 is 0 Å². The summed E-state index contributed by atoms with van der Waals surface area (Å²) in [6.45, 7) is 1.32. The average Bonchev–Trinajstić information content (AvgIpc) is 2.99. The van der Waals surface area contributed by atoms with Crippen LogP contribution in [0.1, 0.15) is 36.6 Å². The van der Waals surface area contributed by atoms with Crippen LogP contribution in [-0.2, 0) is 9.53 Å². The van der Waals surface area contributed by atoms with Crippen molar-refractivity contribution in [3.63, 3.8) is 0 Å². The fourth-order valence-electron chi connectivity index (χ4n) is 3.14. The Morgan fingerprint density at radius 3 is 3.11 bits per heavy atom. The fraction of sp³-hybridized carbons (Fsp3) is 0.643. The number of thiophene rings is 1. The third kappa shape index (κ3) is 2.55. The highest BCUT2D eigenvalue weighted by Gasteiger charge is 2.38. The number of carbonyl (C=O) groups excluding carboxylic acids is 1. The van der Waals surface area contributed by atoms with Gasteiger partial charge in [0.05, 0.1) is 18.8 Å². The first-order valence-corrected chi connectivity index (χ1v) is 7.86. The van der Waals surface area contributed by atoms with Crippen molar-refractivity contribution in [2.45, 2.75) is 43.9 Å². The molecule has 104 valence electrons. The summed E-state index contributed by atoms with van der Waals surface area (Å²) in [5.41, 5.74) is 6.11. The predicted molar refractivity (Wildman–Crippen MR) is 75.0 cm³/mol. The number of ether oxygens (including phenoxy) is 1. The van der Waals surface area contributed by atoms with E-state index in [4.69, 9.17) is 10.5 Å². The summed E-state index contributed by atoms with van der Waals surface area (Å²) >= 11 is 1.55. The van der Waals surface area contributed by atoms with Crippen molar-refractivity contribution in [2.75, 3.05) is 13.2 Å². The Hall–Kier alpha value is -0.910. The molecule has 2 N–H and O–H groups in total. The summed E-state index contributed by atoms with van der Waals surface area (Å²) in [4.78, 5) is 15.5. The van der Waals surface area contributed by atoms with Gasteiger partial charge in [0, 0.05) is 11.4 Å². The van der Waals surface area contributed by atoms with E-state index in [1.165, 1.54) is 12.8 Å². The van der Waals surface area contributed by atoms with Crippen LogP contribution in [0.3, 0.4) is 0 Å². The Balaban J connectivity index is 1.74. The number of rotatable bonds is 2. The molecule has 1 aliphatic heterocycles. The predicted octanol–water partition coefficient (Wildman–Crippen LogP) is 1.92. The maximum absolute atomic E-state index is 12.6. The number of hydrogen-bond acceptors (Lipinski definition) is 4. The molecule has 2 aliphatic rings. The van der Waals surface area contributed by atoms with E-state index in [-0.39, 0.29) is 18.1 Å². The lowest BCUT2D eigenvalue weighted by molar-refractivity contribution is -0.151. The van der Waals surface area contributed by atoms with Crippen molar-refractivity contribution in [2.24, 2.45) is 5.73 Å². The molecular formula is C14H20N2O2S. The topological polar surface area (TPSA) is 55.6 Å². The molecule has 0 radical (unpaired) electrons. The number of carbonyl (C=O) groups is 1. The zero-order valence-corrected chi connectivity index (χ0v) is 11.8. The maximum Gasteiger partial charge on any atom is 0.245 e. The molecule has 3 rings (SSSR count). The van der Waals surface area contributed by atoms with E-state index in [1.807, 2.05) is 22.4 Å². The van der Waals surface area contributed by atoms with Gasteiger partial charge in [-0.25, -0.2) is 0 Å². The molecule has 4 nitrogen and oxygen atoms in total. The van der Waals surface area contributed by atoms with Crippen LogP contribution in [-0.4, -0.2) is 36.1 Å². The van der Waals surface area contributed by atoms with Gasteiger partial charge in [-0.1, -0.05) is 18.9 Å². The Morgan fingerprint density at radius 2 is 2.32 bits per heavy atom. The highest BCUT2D eigenvalue weighted by Crippen LogP contribution is 2.30. The van der Waals surface area contributed by atoms with Crippen molar-refractivity contribution < 1.29 is 9.53 Å². The Bertz CT molecular complexity index is 433. The average molecular weight is 280 g/mol. The number of amides is 1. The van der Waals surface area contributed by atoms with E-state index in [1.54, 1.807) is 11.3 Å². The van der Waals surface area contributed by atoms with Gasteiger partial charge in [0.15, 0.2) is 0 Å². The van der Waals surface area contributed by atoms with Crippen LogP contribution in [0.25, 0.3) is 0 Å². The molecule has 0 spiro atoms. The summed E-state index contributed by atoms with van der Waals surface area (Å²) in [5, 5.41) is 1.96. The third-order valence-corrected chi connectivity index (χ3v) is 5.09. The van der Waals surface area contributed by atoms with Crippen LogP contribution in [0.2, 0.25) is 0 Å². The molecule has 3 atom stereocenters. The van der Waals surface area contributed by atoms with Gasteiger partial charge < -0.3 is 15.4 Å². The minimum Gasteiger partial charge on any atom is -0.374 e. The first-order chi connectivity index (χ1) is 9.27. The lowest BCUT2D eigenvalue weighted by atomic mass is 9.89. The van der Waals surface area contributed by atoms with E-state index in [9.17, 15) is 4.79 Å². The summed E-state index contributed by atoms with van der Waals surface area (Å²) in [6, 6.07) is 3.60. The van der Waals surface area contributed by atoms with E-state index in [0.29, 0.717) is 13.2 Å². The molecule has 19 heavy (non-hydrogen) atoms. The zero-order valence-electron chi connectivity index (χ0n) is 11.0. The highest BCUT2D eigenvalue weighted by atomic mass is 32.1.